The Hall–Kier alpha value is -1.69. The number of aryl methyl sites for hydroxylation is 2. The molecule has 2 atom stereocenters. The van der Waals surface area contributed by atoms with E-state index in [9.17, 15) is 9.59 Å². The molecule has 0 saturated heterocycles. The summed E-state index contributed by atoms with van der Waals surface area (Å²) in [6.45, 7) is 6.01. The molecule has 0 unspecified atom stereocenters. The van der Waals surface area contributed by atoms with Crippen LogP contribution in [-0.2, 0) is 16.1 Å². The van der Waals surface area contributed by atoms with Gasteiger partial charge < -0.3 is 4.74 Å². The summed E-state index contributed by atoms with van der Waals surface area (Å²) in [5.74, 6) is 0.246. The molecule has 0 bridgehead atoms. The van der Waals surface area contributed by atoms with Gasteiger partial charge in [-0.3, -0.25) is 14.2 Å². The second kappa shape index (κ2) is 6.43. The molecule has 1 aliphatic carbocycles. The predicted molar refractivity (Wildman–Crippen MR) is 90.9 cm³/mol. The van der Waals surface area contributed by atoms with Gasteiger partial charge in [0.1, 0.15) is 17.5 Å². The van der Waals surface area contributed by atoms with E-state index in [1.165, 1.54) is 28.7 Å². The van der Waals surface area contributed by atoms with E-state index >= 15 is 0 Å². The van der Waals surface area contributed by atoms with E-state index in [2.05, 4.69) is 11.9 Å². The highest BCUT2D eigenvalue weighted by molar-refractivity contribution is 7.18. The number of rotatable bonds is 3. The minimum absolute atomic E-state index is 0.0104. The van der Waals surface area contributed by atoms with Crippen LogP contribution in [0.4, 0.5) is 0 Å². The molecule has 0 aromatic carbocycles. The summed E-state index contributed by atoms with van der Waals surface area (Å²) in [6.07, 6.45) is 5.57. The quantitative estimate of drug-likeness (QED) is 0.809. The molecule has 0 amide bonds. The summed E-state index contributed by atoms with van der Waals surface area (Å²) in [7, 11) is 0. The van der Waals surface area contributed by atoms with Crippen LogP contribution in [0, 0.1) is 19.8 Å². The average molecular weight is 334 g/mol. The number of carbonyl (C=O) groups excluding carboxylic acids is 1. The average Bonchev–Trinajstić information content (AvgIpc) is 2.78. The molecule has 3 rings (SSSR count). The molecule has 0 aliphatic heterocycles. The molecule has 2 aromatic heterocycles. The van der Waals surface area contributed by atoms with Gasteiger partial charge in [-0.05, 0) is 44.6 Å². The largest absolute Gasteiger partial charge is 0.461 e. The van der Waals surface area contributed by atoms with Crippen molar-refractivity contribution in [2.24, 2.45) is 5.92 Å². The summed E-state index contributed by atoms with van der Waals surface area (Å²) in [5, 5.41) is 0.620. The first-order valence-corrected chi connectivity index (χ1v) is 8.92. The van der Waals surface area contributed by atoms with Crippen LogP contribution in [-0.4, -0.2) is 21.6 Å². The molecule has 1 saturated carbocycles. The molecule has 0 spiro atoms. The second-order valence-electron chi connectivity index (χ2n) is 6.52. The van der Waals surface area contributed by atoms with Gasteiger partial charge in [0.2, 0.25) is 0 Å². The van der Waals surface area contributed by atoms with Crippen molar-refractivity contribution in [3.63, 3.8) is 0 Å². The highest BCUT2D eigenvalue weighted by atomic mass is 32.1. The summed E-state index contributed by atoms with van der Waals surface area (Å²) in [5.41, 5.74) is 0.789. The minimum atomic E-state index is -0.350. The third kappa shape index (κ3) is 3.32. The minimum Gasteiger partial charge on any atom is -0.461 e. The number of carbonyl (C=O) groups is 1. The molecule has 0 radical (unpaired) electrons. The molecule has 2 aromatic rings. The third-order valence-electron chi connectivity index (χ3n) is 4.64. The van der Waals surface area contributed by atoms with Crippen molar-refractivity contribution in [1.29, 1.82) is 0 Å². The number of fused-ring (bicyclic) bond motifs is 1. The Morgan fingerprint density at radius 1 is 1.43 bits per heavy atom. The zero-order valence-electron chi connectivity index (χ0n) is 13.8. The molecule has 124 valence electrons. The topological polar surface area (TPSA) is 61.2 Å². The molecular formula is C17H22N2O3S. The highest BCUT2D eigenvalue weighted by Crippen LogP contribution is 2.26. The lowest BCUT2D eigenvalue weighted by atomic mass is 9.89. The van der Waals surface area contributed by atoms with Crippen LogP contribution in [0.5, 0.6) is 0 Å². The first kappa shape index (κ1) is 16.2. The van der Waals surface area contributed by atoms with Crippen LogP contribution >= 0.6 is 11.3 Å². The number of aromatic nitrogens is 2. The maximum atomic E-state index is 12.6. The first-order chi connectivity index (χ1) is 11.0. The van der Waals surface area contributed by atoms with E-state index in [0.29, 0.717) is 11.3 Å². The van der Waals surface area contributed by atoms with Gasteiger partial charge >= 0.3 is 5.97 Å². The summed E-state index contributed by atoms with van der Waals surface area (Å²) in [4.78, 5) is 30.8. The Labute approximate surface area is 139 Å². The van der Waals surface area contributed by atoms with Crippen LogP contribution in [0.25, 0.3) is 10.2 Å². The first-order valence-electron chi connectivity index (χ1n) is 8.10. The molecule has 1 aliphatic rings. The Morgan fingerprint density at radius 2 is 2.22 bits per heavy atom. The summed E-state index contributed by atoms with van der Waals surface area (Å²) < 4.78 is 6.90. The monoisotopic (exact) mass is 334 g/mol. The molecular weight excluding hydrogens is 312 g/mol. The van der Waals surface area contributed by atoms with E-state index < -0.39 is 0 Å². The Bertz CT molecular complexity index is 793. The Balaban J connectivity index is 1.76. The van der Waals surface area contributed by atoms with Crippen LogP contribution in [0.1, 0.15) is 43.0 Å². The van der Waals surface area contributed by atoms with Gasteiger partial charge in [0.15, 0.2) is 0 Å². The molecule has 1 fully saturated rings. The number of esters is 1. The Morgan fingerprint density at radius 3 is 2.96 bits per heavy atom. The molecule has 2 heterocycles. The smallest absolute Gasteiger partial charge is 0.326 e. The maximum Gasteiger partial charge on any atom is 0.326 e. The fourth-order valence-corrected chi connectivity index (χ4v) is 4.22. The van der Waals surface area contributed by atoms with Crippen LogP contribution in [0.15, 0.2) is 11.1 Å². The zero-order chi connectivity index (χ0) is 16.6. The van der Waals surface area contributed by atoms with Crippen LogP contribution in [0.2, 0.25) is 0 Å². The SMILES string of the molecule is Cc1sc2ncn(CC(=O)O[C@@H]3CCC[C@H](C)C3)c(=O)c2c1C. The van der Waals surface area contributed by atoms with E-state index in [1.807, 2.05) is 13.8 Å². The van der Waals surface area contributed by atoms with E-state index in [-0.39, 0.29) is 24.2 Å². The van der Waals surface area contributed by atoms with Crippen LogP contribution in [0.3, 0.4) is 0 Å². The molecule has 6 heteroatoms. The van der Waals surface area contributed by atoms with Crippen molar-refractivity contribution < 1.29 is 9.53 Å². The van der Waals surface area contributed by atoms with Gasteiger partial charge in [0, 0.05) is 4.88 Å². The van der Waals surface area contributed by atoms with Crippen molar-refractivity contribution in [2.75, 3.05) is 0 Å². The second-order valence-corrected chi connectivity index (χ2v) is 7.73. The molecule has 23 heavy (non-hydrogen) atoms. The standard InChI is InChI=1S/C17H22N2O3S/c1-10-5-4-6-13(7-10)22-14(20)8-19-9-18-16-15(17(19)21)11(2)12(3)23-16/h9-10,13H,4-8H2,1-3H3/t10-,13+/m0/s1. The number of hydrogen-bond acceptors (Lipinski definition) is 5. The number of nitrogens with zero attached hydrogens (tertiary/aromatic N) is 2. The van der Waals surface area contributed by atoms with Gasteiger partial charge in [0.25, 0.3) is 5.56 Å². The van der Waals surface area contributed by atoms with Crippen LogP contribution < -0.4 is 5.56 Å². The van der Waals surface area contributed by atoms with Gasteiger partial charge in [-0.2, -0.15) is 0 Å². The van der Waals surface area contributed by atoms with E-state index in [0.717, 1.165) is 34.5 Å². The van der Waals surface area contributed by atoms with Gasteiger partial charge in [-0.1, -0.05) is 13.3 Å². The van der Waals surface area contributed by atoms with Crippen molar-refractivity contribution in [3.05, 3.63) is 27.1 Å². The lowest BCUT2D eigenvalue weighted by Crippen LogP contribution is -2.30. The third-order valence-corrected chi connectivity index (χ3v) is 5.76. The maximum absolute atomic E-state index is 12.6. The Kier molecular flexibility index (Phi) is 4.53. The summed E-state index contributed by atoms with van der Waals surface area (Å²) in [6, 6.07) is 0. The normalized spacial score (nSPS) is 21.5. The van der Waals surface area contributed by atoms with Crippen molar-refractivity contribution >= 4 is 27.5 Å². The molecule has 5 nitrogen and oxygen atoms in total. The predicted octanol–water partition coefficient (Wildman–Crippen LogP) is 3.20. The zero-order valence-corrected chi connectivity index (χ0v) is 14.6. The van der Waals surface area contributed by atoms with Gasteiger partial charge in [0.05, 0.1) is 11.7 Å². The lowest BCUT2D eigenvalue weighted by molar-refractivity contribution is -0.152. The number of ether oxygens (including phenoxy) is 1. The number of hydrogen-bond donors (Lipinski definition) is 0. The van der Waals surface area contributed by atoms with Crippen molar-refractivity contribution in [3.8, 4) is 0 Å². The van der Waals surface area contributed by atoms with Crippen molar-refractivity contribution in [2.45, 2.75) is 59.1 Å². The van der Waals surface area contributed by atoms with Gasteiger partial charge in [-0.25, -0.2) is 4.98 Å². The lowest BCUT2D eigenvalue weighted by Gasteiger charge is -2.26. The fourth-order valence-electron chi connectivity index (χ4n) is 3.23. The van der Waals surface area contributed by atoms with E-state index in [1.54, 1.807) is 0 Å². The summed E-state index contributed by atoms with van der Waals surface area (Å²) >= 11 is 1.51. The number of thiophene rings is 1. The van der Waals surface area contributed by atoms with Gasteiger partial charge in [-0.15, -0.1) is 11.3 Å². The molecule has 0 N–H and O–H groups in total. The van der Waals surface area contributed by atoms with E-state index in [4.69, 9.17) is 4.74 Å². The van der Waals surface area contributed by atoms with Crippen molar-refractivity contribution in [1.82, 2.24) is 9.55 Å². The fraction of sp³-hybridized carbons (Fsp3) is 0.588. The highest BCUT2D eigenvalue weighted by Gasteiger charge is 2.22.